The van der Waals surface area contributed by atoms with E-state index in [0.717, 1.165) is 42.0 Å². The molecule has 6 nitrogen and oxygen atoms in total. The molecule has 0 bridgehead atoms. The SMILES string of the molecule is COc1ccc(-c2cc(C(=O)NCCCCc3ccccn3)[nH]n2)cc1. The zero-order valence-electron chi connectivity index (χ0n) is 14.7. The summed E-state index contributed by atoms with van der Waals surface area (Å²) in [7, 11) is 1.63. The maximum atomic E-state index is 12.2. The molecule has 3 aromatic rings. The molecule has 0 aliphatic rings. The zero-order valence-corrected chi connectivity index (χ0v) is 14.7. The first-order chi connectivity index (χ1) is 12.8. The van der Waals surface area contributed by atoms with Crippen molar-refractivity contribution in [3.63, 3.8) is 0 Å². The highest BCUT2D eigenvalue weighted by molar-refractivity contribution is 5.93. The highest BCUT2D eigenvalue weighted by atomic mass is 16.5. The summed E-state index contributed by atoms with van der Waals surface area (Å²) in [6.07, 6.45) is 4.61. The minimum absolute atomic E-state index is 0.143. The number of ether oxygens (including phenoxy) is 1. The second kappa shape index (κ2) is 8.80. The Morgan fingerprint density at radius 2 is 2.00 bits per heavy atom. The van der Waals surface area contributed by atoms with Crippen molar-refractivity contribution in [2.75, 3.05) is 13.7 Å². The number of H-pyrrole nitrogens is 1. The summed E-state index contributed by atoms with van der Waals surface area (Å²) in [5.41, 5.74) is 3.20. The fourth-order valence-corrected chi connectivity index (χ4v) is 2.62. The van der Waals surface area contributed by atoms with Crippen molar-refractivity contribution in [1.29, 1.82) is 0 Å². The van der Waals surface area contributed by atoms with Gasteiger partial charge in [-0.25, -0.2) is 0 Å². The molecule has 3 rings (SSSR count). The zero-order chi connectivity index (χ0) is 18.2. The van der Waals surface area contributed by atoms with Gasteiger partial charge in [0, 0.05) is 24.0 Å². The molecular formula is C20H22N4O2. The molecule has 0 spiro atoms. The van der Waals surface area contributed by atoms with Crippen LogP contribution in [0.5, 0.6) is 5.75 Å². The number of hydrogen-bond acceptors (Lipinski definition) is 4. The van der Waals surface area contributed by atoms with E-state index in [-0.39, 0.29) is 5.91 Å². The third-order valence-corrected chi connectivity index (χ3v) is 4.08. The maximum Gasteiger partial charge on any atom is 0.269 e. The number of benzene rings is 1. The number of aromatic nitrogens is 3. The first kappa shape index (κ1) is 17.7. The first-order valence-electron chi connectivity index (χ1n) is 8.64. The Hall–Kier alpha value is -3.15. The van der Waals surface area contributed by atoms with Gasteiger partial charge in [-0.3, -0.25) is 14.9 Å². The van der Waals surface area contributed by atoms with Gasteiger partial charge in [0.2, 0.25) is 0 Å². The van der Waals surface area contributed by atoms with E-state index >= 15 is 0 Å². The van der Waals surface area contributed by atoms with Crippen LogP contribution in [0.4, 0.5) is 0 Å². The number of aromatic amines is 1. The Bertz CT molecular complexity index is 829. The maximum absolute atomic E-state index is 12.2. The second-order valence-corrected chi connectivity index (χ2v) is 5.93. The smallest absolute Gasteiger partial charge is 0.269 e. The van der Waals surface area contributed by atoms with Gasteiger partial charge < -0.3 is 10.1 Å². The lowest BCUT2D eigenvalue weighted by atomic mass is 10.1. The highest BCUT2D eigenvalue weighted by Gasteiger charge is 2.10. The van der Waals surface area contributed by atoms with Crippen LogP contribution in [-0.4, -0.2) is 34.7 Å². The van der Waals surface area contributed by atoms with Gasteiger partial charge in [0.05, 0.1) is 12.8 Å². The Morgan fingerprint density at radius 1 is 1.15 bits per heavy atom. The lowest BCUT2D eigenvalue weighted by Crippen LogP contribution is -2.24. The van der Waals surface area contributed by atoms with E-state index < -0.39 is 0 Å². The van der Waals surface area contributed by atoms with Crippen molar-refractivity contribution in [1.82, 2.24) is 20.5 Å². The van der Waals surface area contributed by atoms with Crippen LogP contribution in [0, 0.1) is 0 Å². The number of nitrogens with one attached hydrogen (secondary N) is 2. The molecule has 2 aromatic heterocycles. The predicted octanol–water partition coefficient (Wildman–Crippen LogP) is 3.23. The normalized spacial score (nSPS) is 10.5. The van der Waals surface area contributed by atoms with Crippen LogP contribution in [0.3, 0.4) is 0 Å². The number of nitrogens with zero attached hydrogens (tertiary/aromatic N) is 2. The van der Waals surface area contributed by atoms with E-state index in [4.69, 9.17) is 4.74 Å². The molecule has 1 amide bonds. The third-order valence-electron chi connectivity index (χ3n) is 4.08. The number of hydrogen-bond donors (Lipinski definition) is 2. The summed E-state index contributed by atoms with van der Waals surface area (Å²) < 4.78 is 5.14. The summed E-state index contributed by atoms with van der Waals surface area (Å²) >= 11 is 0. The monoisotopic (exact) mass is 350 g/mol. The molecule has 0 radical (unpaired) electrons. The van der Waals surface area contributed by atoms with E-state index in [1.807, 2.05) is 42.5 Å². The van der Waals surface area contributed by atoms with E-state index in [2.05, 4.69) is 20.5 Å². The van der Waals surface area contributed by atoms with Crippen molar-refractivity contribution >= 4 is 5.91 Å². The van der Waals surface area contributed by atoms with Crippen LogP contribution in [0.25, 0.3) is 11.3 Å². The molecule has 0 atom stereocenters. The lowest BCUT2D eigenvalue weighted by Gasteiger charge is -2.03. The number of pyridine rings is 1. The van der Waals surface area contributed by atoms with Crippen LogP contribution < -0.4 is 10.1 Å². The van der Waals surface area contributed by atoms with E-state index in [9.17, 15) is 4.79 Å². The molecule has 0 aliphatic heterocycles. The number of methoxy groups -OCH3 is 1. The van der Waals surface area contributed by atoms with Crippen molar-refractivity contribution in [3.8, 4) is 17.0 Å². The van der Waals surface area contributed by atoms with Crippen LogP contribution in [-0.2, 0) is 6.42 Å². The average molecular weight is 350 g/mol. The first-order valence-corrected chi connectivity index (χ1v) is 8.64. The molecule has 1 aromatic carbocycles. The summed E-state index contributed by atoms with van der Waals surface area (Å²) in [6.45, 7) is 0.628. The van der Waals surface area contributed by atoms with E-state index in [1.54, 1.807) is 19.4 Å². The van der Waals surface area contributed by atoms with Gasteiger partial charge in [0.1, 0.15) is 11.4 Å². The van der Waals surface area contributed by atoms with Crippen molar-refractivity contribution in [2.45, 2.75) is 19.3 Å². The van der Waals surface area contributed by atoms with Gasteiger partial charge >= 0.3 is 0 Å². The summed E-state index contributed by atoms with van der Waals surface area (Å²) in [6, 6.07) is 15.2. The highest BCUT2D eigenvalue weighted by Crippen LogP contribution is 2.21. The fourth-order valence-electron chi connectivity index (χ4n) is 2.62. The molecule has 2 heterocycles. The number of unbranched alkanes of at least 4 members (excludes halogenated alkanes) is 1. The minimum atomic E-state index is -0.143. The summed E-state index contributed by atoms with van der Waals surface area (Å²) in [4.78, 5) is 16.5. The van der Waals surface area contributed by atoms with Crippen LogP contribution in [0.2, 0.25) is 0 Å². The Kier molecular flexibility index (Phi) is 5.98. The largest absolute Gasteiger partial charge is 0.497 e. The topological polar surface area (TPSA) is 79.9 Å². The van der Waals surface area contributed by atoms with E-state index in [1.165, 1.54) is 0 Å². The molecule has 26 heavy (non-hydrogen) atoms. The van der Waals surface area contributed by atoms with Crippen LogP contribution >= 0.6 is 0 Å². The fraction of sp³-hybridized carbons (Fsp3) is 0.250. The average Bonchev–Trinajstić information content (AvgIpc) is 3.19. The lowest BCUT2D eigenvalue weighted by molar-refractivity contribution is 0.0948. The number of carbonyl (C=O) groups is 1. The number of aryl methyl sites for hydroxylation is 1. The number of carbonyl (C=O) groups excluding carboxylic acids is 1. The van der Waals surface area contributed by atoms with Gasteiger partial charge in [0.15, 0.2) is 0 Å². The number of rotatable bonds is 8. The molecule has 0 saturated carbocycles. The Balaban J connectivity index is 1.45. The van der Waals surface area contributed by atoms with Gasteiger partial charge in [-0.2, -0.15) is 5.10 Å². The second-order valence-electron chi connectivity index (χ2n) is 5.93. The summed E-state index contributed by atoms with van der Waals surface area (Å²) in [5.74, 6) is 0.642. The molecular weight excluding hydrogens is 328 g/mol. The van der Waals surface area contributed by atoms with Crippen molar-refractivity contribution < 1.29 is 9.53 Å². The van der Waals surface area contributed by atoms with Gasteiger partial charge in [-0.15, -0.1) is 0 Å². The minimum Gasteiger partial charge on any atom is -0.497 e. The molecule has 134 valence electrons. The number of amides is 1. The quantitative estimate of drug-likeness (QED) is 0.611. The van der Waals surface area contributed by atoms with E-state index in [0.29, 0.717) is 12.2 Å². The molecule has 6 heteroatoms. The molecule has 0 saturated heterocycles. The van der Waals surface area contributed by atoms with Crippen molar-refractivity contribution in [3.05, 3.63) is 66.1 Å². The Morgan fingerprint density at radius 3 is 2.73 bits per heavy atom. The molecule has 0 aliphatic carbocycles. The Labute approximate surface area is 152 Å². The third kappa shape index (κ3) is 4.69. The van der Waals surface area contributed by atoms with Gasteiger partial charge in [0.25, 0.3) is 5.91 Å². The van der Waals surface area contributed by atoms with Crippen LogP contribution in [0.15, 0.2) is 54.7 Å². The van der Waals surface area contributed by atoms with Gasteiger partial charge in [-0.05, 0) is 61.7 Å². The summed E-state index contributed by atoms with van der Waals surface area (Å²) in [5, 5.41) is 9.93. The standard InChI is InChI=1S/C20H22N4O2/c1-26-17-10-8-15(9-11-17)18-14-19(24-23-18)20(25)22-13-5-3-7-16-6-2-4-12-21-16/h2,4,6,8-12,14H,3,5,7,13H2,1H3,(H,22,25)(H,23,24). The predicted molar refractivity (Wildman–Crippen MR) is 100 cm³/mol. The molecule has 0 fully saturated rings. The molecule has 0 unspecified atom stereocenters. The van der Waals surface area contributed by atoms with Crippen molar-refractivity contribution in [2.24, 2.45) is 0 Å². The van der Waals surface area contributed by atoms with Gasteiger partial charge in [-0.1, -0.05) is 6.07 Å². The van der Waals surface area contributed by atoms with Crippen LogP contribution in [0.1, 0.15) is 29.0 Å². The molecule has 2 N–H and O–H groups in total.